The van der Waals surface area contributed by atoms with Crippen molar-refractivity contribution in [2.45, 2.75) is 46.5 Å². The fourth-order valence-electron chi connectivity index (χ4n) is 1.96. The molecule has 1 aromatic rings. The Labute approximate surface area is 117 Å². The van der Waals surface area contributed by atoms with Gasteiger partial charge in [0.25, 0.3) is 0 Å². The van der Waals surface area contributed by atoms with E-state index >= 15 is 0 Å². The van der Waals surface area contributed by atoms with Gasteiger partial charge in [-0.1, -0.05) is 26.7 Å². The Morgan fingerprint density at radius 2 is 1.79 bits per heavy atom. The predicted octanol–water partition coefficient (Wildman–Crippen LogP) is 3.10. The van der Waals surface area contributed by atoms with Crippen molar-refractivity contribution in [2.24, 2.45) is 0 Å². The molecule has 19 heavy (non-hydrogen) atoms. The standard InChI is InChI=1S/C15H28N4/c1-4-6-11-19(12-7-5-2)13-10-17-15-16-9-8-14(3)18-15/h8-9H,4-7,10-13H2,1-3H3,(H,16,17,18). The van der Waals surface area contributed by atoms with E-state index < -0.39 is 0 Å². The average Bonchev–Trinajstić information content (AvgIpc) is 2.41. The van der Waals surface area contributed by atoms with Crippen LogP contribution < -0.4 is 5.32 Å². The van der Waals surface area contributed by atoms with Gasteiger partial charge in [-0.2, -0.15) is 0 Å². The van der Waals surface area contributed by atoms with E-state index in [0.717, 1.165) is 24.7 Å². The quantitative estimate of drug-likeness (QED) is 0.705. The first-order valence-corrected chi connectivity index (χ1v) is 7.52. The molecule has 0 unspecified atom stereocenters. The van der Waals surface area contributed by atoms with E-state index in [1.54, 1.807) is 6.20 Å². The van der Waals surface area contributed by atoms with E-state index in [2.05, 4.69) is 34.0 Å². The van der Waals surface area contributed by atoms with Crippen LogP contribution in [0.1, 0.15) is 45.2 Å². The van der Waals surface area contributed by atoms with E-state index in [1.807, 2.05) is 13.0 Å². The van der Waals surface area contributed by atoms with Crippen molar-refractivity contribution in [1.29, 1.82) is 0 Å². The highest BCUT2D eigenvalue weighted by Crippen LogP contribution is 2.01. The highest BCUT2D eigenvalue weighted by Gasteiger charge is 2.04. The maximum Gasteiger partial charge on any atom is 0.222 e. The molecule has 1 N–H and O–H groups in total. The maximum atomic E-state index is 4.35. The Balaban J connectivity index is 2.29. The molecule has 1 aromatic heterocycles. The first-order chi connectivity index (χ1) is 9.26. The molecule has 0 bridgehead atoms. The summed E-state index contributed by atoms with van der Waals surface area (Å²) < 4.78 is 0. The number of nitrogens with one attached hydrogen (secondary N) is 1. The molecule has 4 nitrogen and oxygen atoms in total. The molecule has 0 aliphatic heterocycles. The summed E-state index contributed by atoms with van der Waals surface area (Å²) in [4.78, 5) is 11.1. The lowest BCUT2D eigenvalue weighted by Crippen LogP contribution is -2.31. The number of nitrogens with zero attached hydrogens (tertiary/aromatic N) is 3. The molecule has 0 fully saturated rings. The fraction of sp³-hybridized carbons (Fsp3) is 0.733. The smallest absolute Gasteiger partial charge is 0.222 e. The highest BCUT2D eigenvalue weighted by atomic mass is 15.2. The van der Waals surface area contributed by atoms with Gasteiger partial charge in [-0.15, -0.1) is 0 Å². The zero-order valence-electron chi connectivity index (χ0n) is 12.7. The van der Waals surface area contributed by atoms with Crippen molar-refractivity contribution in [3.63, 3.8) is 0 Å². The van der Waals surface area contributed by atoms with Crippen LogP contribution in [0.15, 0.2) is 12.3 Å². The molecule has 1 rings (SSSR count). The minimum absolute atomic E-state index is 0.742. The topological polar surface area (TPSA) is 41.0 Å². The van der Waals surface area contributed by atoms with Crippen molar-refractivity contribution >= 4 is 5.95 Å². The second-order valence-corrected chi connectivity index (χ2v) is 5.00. The molecule has 0 atom stereocenters. The lowest BCUT2D eigenvalue weighted by Gasteiger charge is -2.22. The molecule has 0 radical (unpaired) electrons. The molecule has 0 aliphatic carbocycles. The van der Waals surface area contributed by atoms with Crippen LogP contribution in [0.3, 0.4) is 0 Å². The number of unbranched alkanes of at least 4 members (excludes halogenated alkanes) is 2. The van der Waals surface area contributed by atoms with E-state index in [-0.39, 0.29) is 0 Å². The highest BCUT2D eigenvalue weighted by molar-refractivity contribution is 5.24. The Bertz CT molecular complexity index is 333. The third kappa shape index (κ3) is 7.11. The van der Waals surface area contributed by atoms with Crippen LogP contribution in [-0.4, -0.2) is 41.0 Å². The van der Waals surface area contributed by atoms with Gasteiger partial charge in [0, 0.05) is 25.0 Å². The molecular formula is C15H28N4. The van der Waals surface area contributed by atoms with Crippen molar-refractivity contribution in [3.05, 3.63) is 18.0 Å². The van der Waals surface area contributed by atoms with Gasteiger partial charge in [-0.3, -0.25) is 0 Å². The molecular weight excluding hydrogens is 236 g/mol. The monoisotopic (exact) mass is 264 g/mol. The maximum absolute atomic E-state index is 4.35. The summed E-state index contributed by atoms with van der Waals surface area (Å²) in [6.07, 6.45) is 6.89. The van der Waals surface area contributed by atoms with Gasteiger partial charge >= 0.3 is 0 Å². The van der Waals surface area contributed by atoms with E-state index in [1.165, 1.54) is 38.8 Å². The summed E-state index contributed by atoms with van der Waals surface area (Å²) in [6, 6.07) is 1.92. The summed E-state index contributed by atoms with van der Waals surface area (Å²) in [5.41, 5.74) is 1.01. The zero-order valence-corrected chi connectivity index (χ0v) is 12.7. The summed E-state index contributed by atoms with van der Waals surface area (Å²) in [5.74, 6) is 0.742. The van der Waals surface area contributed by atoms with Crippen molar-refractivity contribution in [2.75, 3.05) is 31.5 Å². The third-order valence-corrected chi connectivity index (χ3v) is 3.16. The lowest BCUT2D eigenvalue weighted by molar-refractivity contribution is 0.275. The van der Waals surface area contributed by atoms with Crippen LogP contribution >= 0.6 is 0 Å². The van der Waals surface area contributed by atoms with Gasteiger partial charge in [0.15, 0.2) is 0 Å². The Kier molecular flexibility index (Phi) is 8.14. The molecule has 0 aromatic carbocycles. The Morgan fingerprint density at radius 3 is 2.37 bits per heavy atom. The average molecular weight is 264 g/mol. The van der Waals surface area contributed by atoms with Gasteiger partial charge in [-0.25, -0.2) is 9.97 Å². The Hall–Kier alpha value is -1.16. The van der Waals surface area contributed by atoms with Crippen LogP contribution in [0.2, 0.25) is 0 Å². The summed E-state index contributed by atoms with van der Waals surface area (Å²) >= 11 is 0. The van der Waals surface area contributed by atoms with E-state index in [4.69, 9.17) is 0 Å². The van der Waals surface area contributed by atoms with Gasteiger partial charge < -0.3 is 10.2 Å². The Morgan fingerprint density at radius 1 is 1.11 bits per heavy atom. The normalized spacial score (nSPS) is 10.9. The van der Waals surface area contributed by atoms with Crippen molar-refractivity contribution in [3.8, 4) is 0 Å². The molecule has 1 heterocycles. The molecule has 0 amide bonds. The van der Waals surface area contributed by atoms with Crippen LogP contribution in [0.4, 0.5) is 5.95 Å². The largest absolute Gasteiger partial charge is 0.353 e. The van der Waals surface area contributed by atoms with Crippen molar-refractivity contribution < 1.29 is 0 Å². The summed E-state index contributed by atoms with van der Waals surface area (Å²) in [5, 5.41) is 3.30. The van der Waals surface area contributed by atoms with Gasteiger partial charge in [0.1, 0.15) is 0 Å². The number of hydrogen-bond donors (Lipinski definition) is 1. The number of aromatic nitrogens is 2. The molecule has 108 valence electrons. The van der Waals surface area contributed by atoms with E-state index in [9.17, 15) is 0 Å². The summed E-state index contributed by atoms with van der Waals surface area (Å²) in [7, 11) is 0. The van der Waals surface area contributed by atoms with Crippen LogP contribution in [-0.2, 0) is 0 Å². The lowest BCUT2D eigenvalue weighted by atomic mass is 10.2. The number of hydrogen-bond acceptors (Lipinski definition) is 4. The SMILES string of the molecule is CCCCN(CCCC)CCNc1nccc(C)n1. The minimum atomic E-state index is 0.742. The number of rotatable bonds is 10. The van der Waals surface area contributed by atoms with Crippen LogP contribution in [0, 0.1) is 6.92 Å². The molecule has 0 aliphatic rings. The fourth-order valence-corrected chi connectivity index (χ4v) is 1.96. The van der Waals surface area contributed by atoms with Crippen molar-refractivity contribution in [1.82, 2.24) is 14.9 Å². The minimum Gasteiger partial charge on any atom is -0.353 e. The summed E-state index contributed by atoms with van der Waals surface area (Å²) in [6.45, 7) is 10.9. The third-order valence-electron chi connectivity index (χ3n) is 3.16. The second-order valence-electron chi connectivity index (χ2n) is 5.00. The first-order valence-electron chi connectivity index (χ1n) is 7.52. The zero-order chi connectivity index (χ0) is 13.9. The van der Waals surface area contributed by atoms with Gasteiger partial charge in [0.2, 0.25) is 5.95 Å². The number of anilines is 1. The molecule has 0 saturated heterocycles. The van der Waals surface area contributed by atoms with Crippen LogP contribution in [0.5, 0.6) is 0 Å². The predicted molar refractivity (Wildman–Crippen MR) is 81.5 cm³/mol. The van der Waals surface area contributed by atoms with Crippen LogP contribution in [0.25, 0.3) is 0 Å². The first kappa shape index (κ1) is 15.9. The second kappa shape index (κ2) is 9.73. The van der Waals surface area contributed by atoms with Gasteiger partial charge in [-0.05, 0) is 38.9 Å². The molecule has 4 heteroatoms. The van der Waals surface area contributed by atoms with E-state index in [0.29, 0.717) is 0 Å². The van der Waals surface area contributed by atoms with Gasteiger partial charge in [0.05, 0.1) is 0 Å². The molecule has 0 saturated carbocycles. The molecule has 0 spiro atoms. The number of aryl methyl sites for hydroxylation is 1.